The average molecular weight is 349 g/mol. The van der Waals surface area contributed by atoms with E-state index in [1.165, 1.54) is 0 Å². The molecular weight excluding hydrogens is 324 g/mol. The second-order valence-electron chi connectivity index (χ2n) is 6.52. The Bertz CT molecular complexity index is 681. The van der Waals surface area contributed by atoms with Gasteiger partial charge in [-0.3, -0.25) is 4.79 Å². The summed E-state index contributed by atoms with van der Waals surface area (Å²) in [7, 11) is 0. The van der Waals surface area contributed by atoms with Crippen molar-refractivity contribution in [1.29, 1.82) is 0 Å². The number of nitrogens with two attached hydrogens (primary N) is 1. The number of likely N-dealkylation sites (tertiary alicyclic amines) is 1. The van der Waals surface area contributed by atoms with Crippen molar-refractivity contribution in [3.8, 4) is 5.69 Å². The molecule has 0 bridgehead atoms. The van der Waals surface area contributed by atoms with Gasteiger partial charge in [-0.1, -0.05) is 0 Å². The molecular formula is C18H25ClN4O. The molecule has 0 aliphatic carbocycles. The molecule has 0 spiro atoms. The maximum Gasteiger partial charge on any atom is 0.253 e. The van der Waals surface area contributed by atoms with Crippen LogP contribution in [0, 0.1) is 12.8 Å². The molecule has 5 nitrogen and oxygen atoms in total. The highest BCUT2D eigenvalue weighted by Gasteiger charge is 2.26. The Morgan fingerprint density at radius 1 is 1.33 bits per heavy atom. The monoisotopic (exact) mass is 348 g/mol. The van der Waals surface area contributed by atoms with Crippen LogP contribution >= 0.6 is 12.4 Å². The number of aryl methyl sites for hydroxylation is 1. The van der Waals surface area contributed by atoms with Gasteiger partial charge in [0, 0.05) is 30.9 Å². The topological polar surface area (TPSA) is 64.2 Å². The average Bonchev–Trinajstić information content (AvgIpc) is 3.01. The normalized spacial score (nSPS) is 18.8. The Hall–Kier alpha value is -1.85. The van der Waals surface area contributed by atoms with Crippen LogP contribution < -0.4 is 5.73 Å². The Balaban J connectivity index is 0.00000208. The van der Waals surface area contributed by atoms with Gasteiger partial charge < -0.3 is 10.6 Å². The van der Waals surface area contributed by atoms with Crippen LogP contribution in [0.3, 0.4) is 0 Å². The van der Waals surface area contributed by atoms with E-state index in [1.54, 1.807) is 0 Å². The number of nitrogens with zero attached hydrogens (tertiary/aromatic N) is 3. The van der Waals surface area contributed by atoms with Gasteiger partial charge in [-0.15, -0.1) is 12.4 Å². The molecule has 1 aliphatic heterocycles. The number of piperidine rings is 1. The van der Waals surface area contributed by atoms with E-state index in [2.05, 4.69) is 5.10 Å². The van der Waals surface area contributed by atoms with Gasteiger partial charge in [0.05, 0.1) is 11.9 Å². The molecule has 1 amide bonds. The molecule has 0 radical (unpaired) electrons. The van der Waals surface area contributed by atoms with Crippen molar-refractivity contribution >= 4 is 18.3 Å². The third-order valence-corrected chi connectivity index (χ3v) is 4.58. The molecule has 2 heterocycles. The summed E-state index contributed by atoms with van der Waals surface area (Å²) in [5, 5.41) is 4.29. The van der Waals surface area contributed by atoms with Crippen LogP contribution in [0.15, 0.2) is 36.7 Å². The summed E-state index contributed by atoms with van der Waals surface area (Å²) in [4.78, 5) is 14.6. The first-order chi connectivity index (χ1) is 11.0. The quantitative estimate of drug-likeness (QED) is 0.927. The number of carbonyl (C=O) groups is 1. The molecule has 2 aromatic rings. The maximum absolute atomic E-state index is 12.7. The van der Waals surface area contributed by atoms with Crippen LogP contribution in [0.25, 0.3) is 5.69 Å². The zero-order valence-corrected chi connectivity index (χ0v) is 15.0. The molecule has 130 valence electrons. The van der Waals surface area contributed by atoms with Crippen molar-refractivity contribution in [2.45, 2.75) is 32.7 Å². The van der Waals surface area contributed by atoms with Crippen molar-refractivity contribution in [1.82, 2.24) is 14.7 Å². The smallest absolute Gasteiger partial charge is 0.253 e. The van der Waals surface area contributed by atoms with Crippen LogP contribution in [0.2, 0.25) is 0 Å². The number of carbonyl (C=O) groups excluding carboxylic acids is 1. The molecule has 24 heavy (non-hydrogen) atoms. The third kappa shape index (κ3) is 3.97. The van der Waals surface area contributed by atoms with Crippen LogP contribution in [-0.4, -0.2) is 39.7 Å². The van der Waals surface area contributed by atoms with Gasteiger partial charge in [0.2, 0.25) is 0 Å². The van der Waals surface area contributed by atoms with Crippen molar-refractivity contribution in [3.05, 3.63) is 47.8 Å². The van der Waals surface area contributed by atoms with E-state index in [1.807, 2.05) is 60.1 Å². The van der Waals surface area contributed by atoms with E-state index in [9.17, 15) is 4.79 Å². The number of hydrogen-bond donors (Lipinski definition) is 1. The van der Waals surface area contributed by atoms with E-state index in [-0.39, 0.29) is 24.4 Å². The summed E-state index contributed by atoms with van der Waals surface area (Å²) in [6, 6.07) is 7.77. The first-order valence-electron chi connectivity index (χ1n) is 8.21. The fourth-order valence-electron chi connectivity index (χ4n) is 3.12. The Kier molecular flexibility index (Phi) is 6.02. The van der Waals surface area contributed by atoms with E-state index >= 15 is 0 Å². The molecule has 3 rings (SSSR count). The van der Waals surface area contributed by atoms with Gasteiger partial charge in [-0.25, -0.2) is 4.68 Å². The van der Waals surface area contributed by atoms with E-state index in [0.29, 0.717) is 5.92 Å². The van der Waals surface area contributed by atoms with Crippen LogP contribution in [-0.2, 0) is 0 Å². The summed E-state index contributed by atoms with van der Waals surface area (Å²) in [5.74, 6) is 0.498. The fraction of sp³-hybridized carbons (Fsp3) is 0.444. The summed E-state index contributed by atoms with van der Waals surface area (Å²) >= 11 is 0. The second-order valence-corrected chi connectivity index (χ2v) is 6.52. The van der Waals surface area contributed by atoms with Crippen LogP contribution in [0.1, 0.15) is 35.7 Å². The predicted molar refractivity (Wildman–Crippen MR) is 97.8 cm³/mol. The number of benzene rings is 1. The lowest BCUT2D eigenvalue weighted by atomic mass is 9.92. The first kappa shape index (κ1) is 18.5. The molecule has 1 aromatic heterocycles. The molecule has 1 fully saturated rings. The molecule has 1 saturated heterocycles. The van der Waals surface area contributed by atoms with Crippen molar-refractivity contribution in [2.24, 2.45) is 11.7 Å². The largest absolute Gasteiger partial charge is 0.338 e. The fourth-order valence-corrected chi connectivity index (χ4v) is 3.12. The van der Waals surface area contributed by atoms with Crippen molar-refractivity contribution < 1.29 is 4.79 Å². The molecule has 0 saturated carbocycles. The number of hydrogen-bond acceptors (Lipinski definition) is 3. The molecule has 1 aliphatic rings. The maximum atomic E-state index is 12.7. The summed E-state index contributed by atoms with van der Waals surface area (Å²) < 4.78 is 1.82. The minimum Gasteiger partial charge on any atom is -0.338 e. The lowest BCUT2D eigenvalue weighted by molar-refractivity contribution is 0.0661. The predicted octanol–water partition coefficient (Wildman–Crippen LogP) is 2.80. The molecule has 2 atom stereocenters. The minimum absolute atomic E-state index is 0. The number of amides is 1. The van der Waals surface area contributed by atoms with Crippen molar-refractivity contribution in [3.63, 3.8) is 0 Å². The third-order valence-electron chi connectivity index (χ3n) is 4.58. The van der Waals surface area contributed by atoms with Gasteiger partial charge >= 0.3 is 0 Å². The minimum atomic E-state index is 0. The SMILES string of the molecule is Cc1cnn(-c2ccc(C(=O)N3CCCC(C(C)N)C3)cc2)c1.Cl. The lowest BCUT2D eigenvalue weighted by Gasteiger charge is -2.34. The van der Waals surface area contributed by atoms with Gasteiger partial charge in [-0.05, 0) is 62.4 Å². The standard InChI is InChI=1S/C18H24N4O.ClH/c1-13-10-20-22(11-13)17-7-5-15(6-8-17)18(23)21-9-3-4-16(12-21)14(2)19;/h5-8,10-11,14,16H,3-4,9,12,19H2,1-2H3;1H. The first-order valence-corrected chi connectivity index (χ1v) is 8.21. The van der Waals surface area contributed by atoms with Gasteiger partial charge in [-0.2, -0.15) is 5.10 Å². The van der Waals surface area contributed by atoms with Gasteiger partial charge in [0.25, 0.3) is 5.91 Å². The van der Waals surface area contributed by atoms with E-state index < -0.39 is 0 Å². The lowest BCUT2D eigenvalue weighted by Crippen LogP contribution is -2.45. The van der Waals surface area contributed by atoms with Crippen molar-refractivity contribution in [2.75, 3.05) is 13.1 Å². The van der Waals surface area contributed by atoms with Gasteiger partial charge in [0.15, 0.2) is 0 Å². The highest BCUT2D eigenvalue weighted by Crippen LogP contribution is 2.21. The Morgan fingerprint density at radius 3 is 2.62 bits per heavy atom. The second kappa shape index (κ2) is 7.81. The number of rotatable bonds is 3. The highest BCUT2D eigenvalue weighted by atomic mass is 35.5. The highest BCUT2D eigenvalue weighted by molar-refractivity contribution is 5.94. The number of aromatic nitrogens is 2. The van der Waals surface area contributed by atoms with Crippen LogP contribution in [0.4, 0.5) is 0 Å². The summed E-state index contributed by atoms with van der Waals surface area (Å²) in [5.41, 5.74) is 8.80. The Labute approximate surface area is 149 Å². The zero-order chi connectivity index (χ0) is 16.4. The molecule has 2 unspecified atom stereocenters. The van der Waals surface area contributed by atoms with Crippen LogP contribution in [0.5, 0.6) is 0 Å². The van der Waals surface area contributed by atoms with Gasteiger partial charge in [0.1, 0.15) is 0 Å². The molecule has 1 aromatic carbocycles. The summed E-state index contributed by atoms with van der Waals surface area (Å²) in [6.45, 7) is 5.62. The summed E-state index contributed by atoms with van der Waals surface area (Å²) in [6.07, 6.45) is 5.93. The van der Waals surface area contributed by atoms with E-state index in [0.717, 1.165) is 42.7 Å². The van der Waals surface area contributed by atoms with E-state index in [4.69, 9.17) is 5.73 Å². The molecule has 6 heteroatoms. The number of halogens is 1. The Morgan fingerprint density at radius 2 is 2.04 bits per heavy atom. The zero-order valence-electron chi connectivity index (χ0n) is 14.2. The molecule has 2 N–H and O–H groups in total.